The number of nitrogens with zero attached hydrogens (tertiary/aromatic N) is 4. The van der Waals surface area contributed by atoms with Crippen molar-refractivity contribution >= 4 is 5.91 Å². The first-order valence-corrected chi connectivity index (χ1v) is 11.4. The van der Waals surface area contributed by atoms with Crippen LogP contribution in [0.4, 0.5) is 0 Å². The largest absolute Gasteiger partial charge is 0.486 e. The third-order valence-corrected chi connectivity index (χ3v) is 6.29. The second kappa shape index (κ2) is 9.23. The zero-order valence-corrected chi connectivity index (χ0v) is 19.0. The summed E-state index contributed by atoms with van der Waals surface area (Å²) in [6.45, 7) is 8.08. The van der Waals surface area contributed by atoms with E-state index in [9.17, 15) is 4.79 Å². The molecule has 2 aliphatic rings. The zero-order valence-electron chi connectivity index (χ0n) is 19.0. The summed E-state index contributed by atoms with van der Waals surface area (Å²) in [4.78, 5) is 21.7. The van der Waals surface area contributed by atoms with Crippen LogP contribution in [0.1, 0.15) is 30.0 Å². The highest BCUT2D eigenvalue weighted by molar-refractivity contribution is 5.79. The molecule has 1 amide bonds. The van der Waals surface area contributed by atoms with Crippen LogP contribution in [0.15, 0.2) is 47.0 Å². The van der Waals surface area contributed by atoms with Crippen LogP contribution >= 0.6 is 0 Å². The molecule has 172 valence electrons. The molecule has 0 N–H and O–H groups in total. The van der Waals surface area contributed by atoms with E-state index in [-0.39, 0.29) is 11.9 Å². The van der Waals surface area contributed by atoms with Crippen molar-refractivity contribution in [3.8, 4) is 22.9 Å². The first-order chi connectivity index (χ1) is 16.1. The summed E-state index contributed by atoms with van der Waals surface area (Å²) in [7, 11) is 0. The summed E-state index contributed by atoms with van der Waals surface area (Å²) in [6, 6.07) is 13.8. The number of benzene rings is 2. The van der Waals surface area contributed by atoms with Crippen LogP contribution in [-0.2, 0) is 11.2 Å². The molecule has 8 nitrogen and oxygen atoms in total. The Morgan fingerprint density at radius 2 is 1.73 bits per heavy atom. The van der Waals surface area contributed by atoms with Crippen molar-refractivity contribution in [1.29, 1.82) is 0 Å². The fourth-order valence-corrected chi connectivity index (χ4v) is 4.22. The lowest BCUT2D eigenvalue weighted by Gasteiger charge is -2.36. The molecular weight excluding hydrogens is 420 g/mol. The highest BCUT2D eigenvalue weighted by atomic mass is 16.6. The number of aryl methyl sites for hydroxylation is 1. The van der Waals surface area contributed by atoms with Crippen molar-refractivity contribution in [3.05, 3.63) is 59.5 Å². The molecule has 0 radical (unpaired) electrons. The molecule has 3 heterocycles. The Bertz CT molecular complexity index is 1120. The van der Waals surface area contributed by atoms with Gasteiger partial charge in [0.15, 0.2) is 11.5 Å². The minimum Gasteiger partial charge on any atom is -0.486 e. The summed E-state index contributed by atoms with van der Waals surface area (Å²) in [6.07, 6.45) is 0.357. The zero-order chi connectivity index (χ0) is 22.8. The van der Waals surface area contributed by atoms with Gasteiger partial charge in [0.1, 0.15) is 13.2 Å². The fraction of sp³-hybridized carbons (Fsp3) is 0.400. The van der Waals surface area contributed by atoms with Gasteiger partial charge in [0.05, 0.1) is 12.5 Å². The van der Waals surface area contributed by atoms with E-state index in [4.69, 9.17) is 14.0 Å². The molecular formula is C25H28N4O4. The van der Waals surface area contributed by atoms with E-state index < -0.39 is 0 Å². The van der Waals surface area contributed by atoms with Crippen LogP contribution in [0.3, 0.4) is 0 Å². The van der Waals surface area contributed by atoms with E-state index in [0.29, 0.717) is 44.4 Å². The topological polar surface area (TPSA) is 80.9 Å². The van der Waals surface area contributed by atoms with Crippen molar-refractivity contribution < 1.29 is 18.8 Å². The minimum atomic E-state index is -0.00764. The van der Waals surface area contributed by atoms with Crippen LogP contribution in [0.5, 0.6) is 11.5 Å². The van der Waals surface area contributed by atoms with Gasteiger partial charge in [-0.3, -0.25) is 9.69 Å². The number of amides is 1. The predicted octanol–water partition coefficient (Wildman–Crippen LogP) is 3.26. The lowest BCUT2D eigenvalue weighted by Crippen LogP contribution is -2.49. The summed E-state index contributed by atoms with van der Waals surface area (Å²) < 4.78 is 16.7. The Hall–Kier alpha value is -3.39. The summed E-state index contributed by atoms with van der Waals surface area (Å²) in [5.41, 5.74) is 3.07. The number of hydrogen-bond acceptors (Lipinski definition) is 7. The van der Waals surface area contributed by atoms with Gasteiger partial charge in [0.2, 0.25) is 17.6 Å². The minimum absolute atomic E-state index is 0.00764. The number of ether oxygens (including phenoxy) is 2. The second-order valence-corrected chi connectivity index (χ2v) is 8.57. The summed E-state index contributed by atoms with van der Waals surface area (Å²) >= 11 is 0. The van der Waals surface area contributed by atoms with Gasteiger partial charge < -0.3 is 18.9 Å². The molecule has 1 saturated heterocycles. The molecule has 0 aliphatic carbocycles. The SMILES string of the molecule is Cc1ccc(-c2noc(C(C)N3CCN(C(=O)Cc4ccc5c(c4)OCCO5)CC3)n2)cc1. The van der Waals surface area contributed by atoms with Crippen molar-refractivity contribution in [2.75, 3.05) is 39.4 Å². The van der Waals surface area contributed by atoms with E-state index in [2.05, 4.69) is 22.0 Å². The van der Waals surface area contributed by atoms with Crippen molar-refractivity contribution in [3.63, 3.8) is 0 Å². The molecule has 33 heavy (non-hydrogen) atoms. The lowest BCUT2D eigenvalue weighted by molar-refractivity contribution is -0.132. The van der Waals surface area contributed by atoms with Crippen molar-refractivity contribution in [2.24, 2.45) is 0 Å². The molecule has 0 bridgehead atoms. The summed E-state index contributed by atoms with van der Waals surface area (Å²) in [5, 5.41) is 4.16. The number of piperazine rings is 1. The molecule has 2 aromatic carbocycles. The standard InChI is InChI=1S/C25H28N4O4/c1-17-3-6-20(7-4-17)24-26-25(33-27-24)18(2)28-9-11-29(12-10-28)23(30)16-19-5-8-21-22(15-19)32-14-13-31-21/h3-8,15,18H,9-14,16H2,1-2H3. The van der Waals surface area contributed by atoms with Crippen LogP contribution in [0.25, 0.3) is 11.4 Å². The maximum absolute atomic E-state index is 12.9. The number of aromatic nitrogens is 2. The monoisotopic (exact) mass is 448 g/mol. The molecule has 2 aliphatic heterocycles. The van der Waals surface area contributed by atoms with Gasteiger partial charge in [0, 0.05) is 31.7 Å². The predicted molar refractivity (Wildman–Crippen MR) is 122 cm³/mol. The Labute approximate surface area is 193 Å². The molecule has 8 heteroatoms. The first-order valence-electron chi connectivity index (χ1n) is 11.4. The third-order valence-electron chi connectivity index (χ3n) is 6.29. The molecule has 3 aromatic rings. The quantitative estimate of drug-likeness (QED) is 0.593. The highest BCUT2D eigenvalue weighted by Crippen LogP contribution is 2.31. The van der Waals surface area contributed by atoms with E-state index >= 15 is 0 Å². The van der Waals surface area contributed by atoms with E-state index in [1.807, 2.05) is 54.3 Å². The normalized spacial score (nSPS) is 17.1. The van der Waals surface area contributed by atoms with Gasteiger partial charge in [-0.1, -0.05) is 41.1 Å². The Morgan fingerprint density at radius 1 is 1.00 bits per heavy atom. The van der Waals surface area contributed by atoms with E-state index in [1.165, 1.54) is 5.56 Å². The molecule has 0 spiro atoms. The average Bonchev–Trinajstić information content (AvgIpc) is 3.34. The Balaban J connectivity index is 1.16. The van der Waals surface area contributed by atoms with Gasteiger partial charge in [-0.05, 0) is 31.5 Å². The number of fused-ring (bicyclic) bond motifs is 1. The van der Waals surface area contributed by atoms with Crippen LogP contribution in [0, 0.1) is 6.92 Å². The summed E-state index contributed by atoms with van der Waals surface area (Å²) in [5.74, 6) is 2.78. The average molecular weight is 449 g/mol. The lowest BCUT2D eigenvalue weighted by atomic mass is 10.1. The molecule has 5 rings (SSSR count). The molecule has 0 saturated carbocycles. The molecule has 1 fully saturated rings. The number of carbonyl (C=O) groups is 1. The number of rotatable bonds is 5. The number of carbonyl (C=O) groups excluding carboxylic acids is 1. The van der Waals surface area contributed by atoms with Gasteiger partial charge in [-0.25, -0.2) is 0 Å². The van der Waals surface area contributed by atoms with E-state index in [1.54, 1.807) is 0 Å². The first kappa shape index (κ1) is 21.5. The number of hydrogen-bond donors (Lipinski definition) is 0. The van der Waals surface area contributed by atoms with Gasteiger partial charge in [-0.15, -0.1) is 0 Å². The van der Waals surface area contributed by atoms with E-state index in [0.717, 1.165) is 35.7 Å². The van der Waals surface area contributed by atoms with Gasteiger partial charge in [0.25, 0.3) is 0 Å². The maximum Gasteiger partial charge on any atom is 0.244 e. The van der Waals surface area contributed by atoms with Gasteiger partial charge in [-0.2, -0.15) is 4.98 Å². The highest BCUT2D eigenvalue weighted by Gasteiger charge is 2.28. The van der Waals surface area contributed by atoms with Crippen LogP contribution < -0.4 is 9.47 Å². The fourth-order valence-electron chi connectivity index (χ4n) is 4.22. The maximum atomic E-state index is 12.9. The molecule has 1 atom stereocenters. The third kappa shape index (κ3) is 4.71. The Morgan fingerprint density at radius 3 is 2.48 bits per heavy atom. The van der Waals surface area contributed by atoms with Gasteiger partial charge >= 0.3 is 0 Å². The van der Waals surface area contributed by atoms with Crippen molar-refractivity contribution in [2.45, 2.75) is 26.3 Å². The van der Waals surface area contributed by atoms with Crippen LogP contribution in [0.2, 0.25) is 0 Å². The Kier molecular flexibility index (Phi) is 6.00. The smallest absolute Gasteiger partial charge is 0.244 e. The molecule has 1 unspecified atom stereocenters. The van der Waals surface area contributed by atoms with Crippen molar-refractivity contribution in [1.82, 2.24) is 19.9 Å². The second-order valence-electron chi connectivity index (χ2n) is 8.57. The van der Waals surface area contributed by atoms with Crippen LogP contribution in [-0.4, -0.2) is 65.2 Å². The molecule has 1 aromatic heterocycles.